The maximum Gasteiger partial charge on any atom is 0.305 e. The second-order valence-electron chi connectivity index (χ2n) is 4.37. The van der Waals surface area contributed by atoms with Crippen molar-refractivity contribution in [1.29, 1.82) is 0 Å². The number of carboxylic acid groups (broad SMARTS) is 1. The smallest absolute Gasteiger partial charge is 0.305 e. The summed E-state index contributed by atoms with van der Waals surface area (Å²) in [6.45, 7) is 6.13. The van der Waals surface area contributed by atoms with Crippen molar-refractivity contribution >= 4 is 23.0 Å². The van der Waals surface area contributed by atoms with Crippen molar-refractivity contribution in [3.63, 3.8) is 0 Å². The third-order valence-electron chi connectivity index (χ3n) is 3.21. The van der Waals surface area contributed by atoms with E-state index in [1.165, 1.54) is 0 Å². The molecule has 0 amide bonds. The van der Waals surface area contributed by atoms with Crippen LogP contribution in [0.3, 0.4) is 0 Å². The Kier molecular flexibility index (Phi) is 4.04. The minimum Gasteiger partial charge on any atom is -0.481 e. The Labute approximate surface area is 112 Å². The molecule has 1 N–H and O–H groups in total. The molecule has 2 rings (SSSR count). The van der Waals surface area contributed by atoms with Gasteiger partial charge in [-0.1, -0.05) is 12.1 Å². The van der Waals surface area contributed by atoms with Crippen molar-refractivity contribution in [3.8, 4) is 0 Å². The molecule has 1 aromatic carbocycles. The van der Waals surface area contributed by atoms with Gasteiger partial charge in [0, 0.05) is 19.6 Å². The predicted octanol–water partition coefficient (Wildman–Crippen LogP) is 2.36. The molecule has 1 heterocycles. The van der Waals surface area contributed by atoms with E-state index < -0.39 is 5.97 Å². The number of nitrogens with zero attached hydrogens (tertiary/aromatic N) is 3. The molecule has 19 heavy (non-hydrogen) atoms. The van der Waals surface area contributed by atoms with Gasteiger partial charge in [-0.05, 0) is 26.0 Å². The number of benzene rings is 1. The molecular formula is C14H19N3O2. The van der Waals surface area contributed by atoms with Gasteiger partial charge in [-0.25, -0.2) is 4.98 Å². The van der Waals surface area contributed by atoms with Crippen LogP contribution in [0.5, 0.6) is 0 Å². The summed E-state index contributed by atoms with van der Waals surface area (Å²) in [5.41, 5.74) is 2.04. The summed E-state index contributed by atoms with van der Waals surface area (Å²) >= 11 is 0. The lowest BCUT2D eigenvalue weighted by Crippen LogP contribution is -2.28. The number of aliphatic carboxylic acids is 1. The summed E-state index contributed by atoms with van der Waals surface area (Å²) in [6, 6.07) is 7.98. The lowest BCUT2D eigenvalue weighted by molar-refractivity contribution is -0.136. The van der Waals surface area contributed by atoms with Gasteiger partial charge in [-0.15, -0.1) is 0 Å². The van der Waals surface area contributed by atoms with Crippen LogP contribution in [0.1, 0.15) is 20.3 Å². The van der Waals surface area contributed by atoms with Crippen molar-refractivity contribution < 1.29 is 9.90 Å². The van der Waals surface area contributed by atoms with Gasteiger partial charge in [0.1, 0.15) is 0 Å². The minimum absolute atomic E-state index is 0.126. The number of carboxylic acids is 1. The van der Waals surface area contributed by atoms with E-state index in [1.807, 2.05) is 36.1 Å². The quantitative estimate of drug-likeness (QED) is 0.867. The van der Waals surface area contributed by atoms with Crippen LogP contribution in [0.4, 0.5) is 5.95 Å². The van der Waals surface area contributed by atoms with E-state index in [1.54, 1.807) is 0 Å². The first kappa shape index (κ1) is 13.4. The fourth-order valence-electron chi connectivity index (χ4n) is 2.25. The highest BCUT2D eigenvalue weighted by molar-refractivity contribution is 5.79. The number of anilines is 1. The Morgan fingerprint density at radius 1 is 1.37 bits per heavy atom. The van der Waals surface area contributed by atoms with Crippen molar-refractivity contribution in [1.82, 2.24) is 9.55 Å². The highest BCUT2D eigenvalue weighted by Gasteiger charge is 2.15. The highest BCUT2D eigenvalue weighted by atomic mass is 16.4. The van der Waals surface area contributed by atoms with Crippen molar-refractivity contribution in [3.05, 3.63) is 24.3 Å². The maximum absolute atomic E-state index is 10.7. The van der Waals surface area contributed by atoms with E-state index >= 15 is 0 Å². The molecule has 5 nitrogen and oxygen atoms in total. The van der Waals surface area contributed by atoms with Gasteiger partial charge in [0.15, 0.2) is 0 Å². The molecule has 0 atom stereocenters. The molecule has 0 aliphatic carbocycles. The number of imidazole rings is 1. The number of para-hydroxylation sites is 2. The Balaban J connectivity index is 2.38. The molecule has 0 fully saturated rings. The van der Waals surface area contributed by atoms with Gasteiger partial charge in [0.2, 0.25) is 5.95 Å². The molecule has 2 aromatic rings. The lowest BCUT2D eigenvalue weighted by atomic mass is 10.3. The average molecular weight is 261 g/mol. The molecule has 0 aliphatic rings. The number of fused-ring (bicyclic) bond motifs is 1. The molecule has 0 radical (unpaired) electrons. The van der Waals surface area contributed by atoms with Gasteiger partial charge in [0.05, 0.1) is 17.5 Å². The van der Waals surface area contributed by atoms with Crippen LogP contribution in [0.15, 0.2) is 24.3 Å². The second kappa shape index (κ2) is 5.73. The third kappa shape index (κ3) is 2.70. The Morgan fingerprint density at radius 2 is 2.11 bits per heavy atom. The molecule has 0 bridgehead atoms. The minimum atomic E-state index is -0.780. The van der Waals surface area contributed by atoms with Gasteiger partial charge >= 0.3 is 5.97 Å². The van der Waals surface area contributed by atoms with Crippen LogP contribution in [0, 0.1) is 0 Å². The van der Waals surface area contributed by atoms with Crippen LogP contribution >= 0.6 is 0 Å². The number of aromatic nitrogens is 2. The van der Waals surface area contributed by atoms with Gasteiger partial charge in [-0.3, -0.25) is 4.79 Å². The molecule has 0 spiro atoms. The Hall–Kier alpha value is -2.04. The molecule has 0 unspecified atom stereocenters. The normalized spacial score (nSPS) is 10.8. The van der Waals surface area contributed by atoms with Gasteiger partial charge in [-0.2, -0.15) is 0 Å². The monoisotopic (exact) mass is 261 g/mol. The molecule has 0 saturated heterocycles. The largest absolute Gasteiger partial charge is 0.481 e. The number of hydrogen-bond acceptors (Lipinski definition) is 3. The van der Waals surface area contributed by atoms with Gasteiger partial charge < -0.3 is 14.6 Å². The van der Waals surface area contributed by atoms with E-state index in [2.05, 4.69) is 16.5 Å². The standard InChI is InChI=1S/C14H19N3O2/c1-3-16(10-9-13(18)19)14-15-11-7-5-6-8-12(11)17(14)4-2/h5-8H,3-4,9-10H2,1-2H3,(H,18,19). The van der Waals surface area contributed by atoms with Crippen molar-refractivity contribution in [2.75, 3.05) is 18.0 Å². The maximum atomic E-state index is 10.7. The van der Waals surface area contributed by atoms with Crippen LogP contribution in [-0.4, -0.2) is 33.7 Å². The first-order valence-electron chi connectivity index (χ1n) is 6.59. The number of rotatable bonds is 6. The number of carbonyl (C=O) groups is 1. The van der Waals surface area contributed by atoms with Crippen molar-refractivity contribution in [2.45, 2.75) is 26.8 Å². The SMILES string of the molecule is CCN(CCC(=O)O)c1nc2ccccc2n1CC. The molecule has 1 aromatic heterocycles. The van der Waals surface area contributed by atoms with Crippen LogP contribution in [0.25, 0.3) is 11.0 Å². The van der Waals surface area contributed by atoms with Crippen LogP contribution in [-0.2, 0) is 11.3 Å². The fraction of sp³-hybridized carbons (Fsp3) is 0.429. The van der Waals surface area contributed by atoms with Gasteiger partial charge in [0.25, 0.3) is 0 Å². The number of hydrogen-bond donors (Lipinski definition) is 1. The second-order valence-corrected chi connectivity index (χ2v) is 4.37. The van der Waals surface area contributed by atoms with E-state index in [4.69, 9.17) is 5.11 Å². The summed E-state index contributed by atoms with van der Waals surface area (Å²) in [4.78, 5) is 17.4. The average Bonchev–Trinajstić information content (AvgIpc) is 2.77. The van der Waals surface area contributed by atoms with E-state index in [0.717, 1.165) is 30.1 Å². The van der Waals surface area contributed by atoms with E-state index in [0.29, 0.717) is 6.54 Å². The summed E-state index contributed by atoms with van der Waals surface area (Å²) in [7, 11) is 0. The Bertz CT molecular complexity index is 577. The molecule has 102 valence electrons. The lowest BCUT2D eigenvalue weighted by Gasteiger charge is -2.21. The summed E-state index contributed by atoms with van der Waals surface area (Å²) in [5, 5.41) is 8.82. The van der Waals surface area contributed by atoms with Crippen LogP contribution < -0.4 is 4.90 Å². The van der Waals surface area contributed by atoms with E-state index in [9.17, 15) is 4.79 Å². The first-order chi connectivity index (χ1) is 9.17. The third-order valence-corrected chi connectivity index (χ3v) is 3.21. The summed E-state index contributed by atoms with van der Waals surface area (Å²) in [6.07, 6.45) is 0.126. The summed E-state index contributed by atoms with van der Waals surface area (Å²) in [5.74, 6) is 0.0741. The topological polar surface area (TPSA) is 58.4 Å². The highest BCUT2D eigenvalue weighted by Crippen LogP contribution is 2.22. The van der Waals surface area contributed by atoms with Crippen LogP contribution in [0.2, 0.25) is 0 Å². The summed E-state index contributed by atoms with van der Waals surface area (Å²) < 4.78 is 2.13. The fourth-order valence-corrected chi connectivity index (χ4v) is 2.25. The zero-order valence-electron chi connectivity index (χ0n) is 11.3. The zero-order chi connectivity index (χ0) is 13.8. The molecule has 5 heteroatoms. The van der Waals surface area contributed by atoms with E-state index in [-0.39, 0.29) is 6.42 Å². The predicted molar refractivity (Wildman–Crippen MR) is 75.5 cm³/mol. The Morgan fingerprint density at radius 3 is 2.74 bits per heavy atom. The first-order valence-corrected chi connectivity index (χ1v) is 6.59. The van der Waals surface area contributed by atoms with Crippen molar-refractivity contribution in [2.24, 2.45) is 0 Å². The zero-order valence-corrected chi connectivity index (χ0v) is 11.3. The molecular weight excluding hydrogens is 242 g/mol. The molecule has 0 aliphatic heterocycles. The number of aryl methyl sites for hydroxylation is 1. The molecule has 0 saturated carbocycles.